The third kappa shape index (κ3) is 2.67. The third-order valence-corrected chi connectivity index (χ3v) is 4.31. The van der Waals surface area contributed by atoms with E-state index in [0.717, 1.165) is 16.9 Å². The summed E-state index contributed by atoms with van der Waals surface area (Å²) < 4.78 is 0. The van der Waals surface area contributed by atoms with Crippen molar-refractivity contribution < 1.29 is 14.8 Å². The van der Waals surface area contributed by atoms with Crippen LogP contribution in [0.15, 0.2) is 24.3 Å². The summed E-state index contributed by atoms with van der Waals surface area (Å²) in [4.78, 5) is 25.7. The molecule has 7 heteroatoms. The number of hydrogen-bond acceptors (Lipinski definition) is 5. The number of aromatic carboxylic acids is 1. The molecule has 0 spiro atoms. The summed E-state index contributed by atoms with van der Waals surface area (Å²) in [6.45, 7) is 3.55. The van der Waals surface area contributed by atoms with E-state index >= 15 is 0 Å². The summed E-state index contributed by atoms with van der Waals surface area (Å²) in [6, 6.07) is 6.20. The number of carbonyl (C=O) groups is 1. The minimum atomic E-state index is -0.984. The molecule has 104 valence electrons. The lowest BCUT2D eigenvalue weighted by atomic mass is 10.0. The molecule has 20 heavy (non-hydrogen) atoms. The highest BCUT2D eigenvalue weighted by Crippen LogP contribution is 2.30. The second-order valence-electron chi connectivity index (χ2n) is 4.34. The van der Waals surface area contributed by atoms with E-state index in [4.69, 9.17) is 5.11 Å². The lowest BCUT2D eigenvalue weighted by Gasteiger charge is -2.07. The molecule has 1 aromatic carbocycles. The zero-order valence-electron chi connectivity index (χ0n) is 10.9. The van der Waals surface area contributed by atoms with Crippen LogP contribution in [0.25, 0.3) is 0 Å². The van der Waals surface area contributed by atoms with E-state index in [1.54, 1.807) is 19.1 Å². The van der Waals surface area contributed by atoms with Gasteiger partial charge in [-0.05, 0) is 12.5 Å². The molecule has 0 amide bonds. The smallest absolute Gasteiger partial charge is 0.347 e. The number of nitro groups is 1. The molecular weight excluding hydrogens is 280 g/mol. The van der Waals surface area contributed by atoms with E-state index in [9.17, 15) is 14.9 Å². The Bertz CT molecular complexity index is 664. The second kappa shape index (κ2) is 5.38. The van der Waals surface area contributed by atoms with Crippen molar-refractivity contribution in [1.82, 2.24) is 4.98 Å². The summed E-state index contributed by atoms with van der Waals surface area (Å²) in [7, 11) is 0. The van der Waals surface area contributed by atoms with E-state index in [0.29, 0.717) is 10.7 Å². The van der Waals surface area contributed by atoms with Crippen LogP contribution in [0.1, 0.15) is 38.8 Å². The third-order valence-electron chi connectivity index (χ3n) is 2.98. The Morgan fingerprint density at radius 1 is 1.40 bits per heavy atom. The zero-order valence-corrected chi connectivity index (χ0v) is 11.7. The van der Waals surface area contributed by atoms with Crippen LogP contribution in [-0.2, 0) is 0 Å². The van der Waals surface area contributed by atoms with Crippen LogP contribution >= 0.6 is 11.3 Å². The average molecular weight is 292 g/mol. The molecule has 0 bridgehead atoms. The second-order valence-corrected chi connectivity index (χ2v) is 5.37. The van der Waals surface area contributed by atoms with Crippen LogP contribution in [0.2, 0.25) is 0 Å². The molecule has 1 atom stereocenters. The first-order valence-corrected chi connectivity index (χ1v) is 6.66. The van der Waals surface area contributed by atoms with Crippen LogP contribution in [0.4, 0.5) is 5.69 Å². The molecule has 1 unspecified atom stereocenters. The van der Waals surface area contributed by atoms with Gasteiger partial charge in [-0.25, -0.2) is 9.78 Å². The molecular formula is C13H12N2O4S. The molecule has 0 aliphatic heterocycles. The molecule has 1 N–H and O–H groups in total. The van der Waals surface area contributed by atoms with Gasteiger partial charge in [0.15, 0.2) is 0 Å². The number of carboxylic acids is 1. The highest BCUT2D eigenvalue weighted by Gasteiger charge is 2.19. The maximum atomic E-state index is 11.0. The van der Waals surface area contributed by atoms with Gasteiger partial charge in [0.1, 0.15) is 9.88 Å². The van der Waals surface area contributed by atoms with Crippen molar-refractivity contribution >= 4 is 23.0 Å². The zero-order chi connectivity index (χ0) is 14.9. The summed E-state index contributed by atoms with van der Waals surface area (Å²) in [5.41, 5.74) is 1.38. The Labute approximate surface area is 118 Å². The molecule has 0 radical (unpaired) electrons. The fourth-order valence-electron chi connectivity index (χ4n) is 1.83. The van der Waals surface area contributed by atoms with E-state index in [-0.39, 0.29) is 16.5 Å². The molecule has 0 aliphatic carbocycles. The number of benzene rings is 1. The molecule has 1 heterocycles. The molecule has 0 fully saturated rings. The Hall–Kier alpha value is -2.28. The minimum absolute atomic E-state index is 0.0301. The number of nitrogens with zero attached hydrogens (tertiary/aromatic N) is 2. The summed E-state index contributed by atoms with van der Waals surface area (Å²) in [5, 5.41) is 20.3. The Kier molecular flexibility index (Phi) is 3.80. The Balaban J connectivity index is 2.31. The van der Waals surface area contributed by atoms with Gasteiger partial charge in [0.2, 0.25) is 0 Å². The first-order valence-electron chi connectivity index (χ1n) is 5.85. The van der Waals surface area contributed by atoms with Gasteiger partial charge < -0.3 is 5.11 Å². The van der Waals surface area contributed by atoms with Crippen LogP contribution in [0.5, 0.6) is 0 Å². The summed E-state index contributed by atoms with van der Waals surface area (Å²) in [5.74, 6) is -1.09. The number of carboxylic acid groups (broad SMARTS) is 1. The van der Waals surface area contributed by atoms with Gasteiger partial charge in [0, 0.05) is 18.1 Å². The maximum Gasteiger partial charge on any atom is 0.347 e. The lowest BCUT2D eigenvalue weighted by Crippen LogP contribution is -1.96. The number of non-ortho nitro benzene ring substituents is 1. The largest absolute Gasteiger partial charge is 0.477 e. The topological polar surface area (TPSA) is 93.3 Å². The molecule has 6 nitrogen and oxygen atoms in total. The summed E-state index contributed by atoms with van der Waals surface area (Å²) >= 11 is 1.14. The van der Waals surface area contributed by atoms with Crippen LogP contribution < -0.4 is 0 Å². The SMILES string of the molecule is Cc1nc(C(C)c2ccc([N+](=O)[O-])cc2)sc1C(=O)O. The van der Waals surface area contributed by atoms with Gasteiger partial charge in [-0.2, -0.15) is 0 Å². The molecule has 0 saturated carbocycles. The number of aromatic nitrogens is 1. The van der Waals surface area contributed by atoms with Crippen molar-refractivity contribution in [3.63, 3.8) is 0 Å². The molecule has 2 aromatic rings. The molecule has 1 aromatic heterocycles. The van der Waals surface area contributed by atoms with Crippen molar-refractivity contribution in [3.05, 3.63) is 55.5 Å². The van der Waals surface area contributed by atoms with Gasteiger partial charge in [-0.3, -0.25) is 10.1 Å². The number of thiazole rings is 1. The fourth-order valence-corrected chi connectivity index (χ4v) is 2.81. The van der Waals surface area contributed by atoms with Crippen LogP contribution in [-0.4, -0.2) is 21.0 Å². The van der Waals surface area contributed by atoms with Gasteiger partial charge >= 0.3 is 5.97 Å². The average Bonchev–Trinajstić information content (AvgIpc) is 2.80. The van der Waals surface area contributed by atoms with E-state index in [1.165, 1.54) is 12.1 Å². The Morgan fingerprint density at radius 2 is 2.00 bits per heavy atom. The molecule has 2 rings (SSSR count). The van der Waals surface area contributed by atoms with E-state index in [1.807, 2.05) is 6.92 Å². The first-order chi connectivity index (χ1) is 9.40. The standard InChI is InChI=1S/C13H12N2O4S/c1-7(9-3-5-10(6-4-9)15(18)19)12-14-8(2)11(20-12)13(16)17/h3-7H,1-2H3,(H,16,17). The van der Waals surface area contributed by atoms with Gasteiger partial charge in [0.05, 0.1) is 10.6 Å². The van der Waals surface area contributed by atoms with Crippen molar-refractivity contribution in [3.8, 4) is 0 Å². The predicted molar refractivity (Wildman–Crippen MR) is 74.4 cm³/mol. The quantitative estimate of drug-likeness (QED) is 0.689. The molecule has 0 saturated heterocycles. The molecule has 0 aliphatic rings. The van der Waals surface area contributed by atoms with Gasteiger partial charge in [0.25, 0.3) is 5.69 Å². The number of nitro benzene ring substituents is 1. The van der Waals surface area contributed by atoms with Gasteiger partial charge in [-0.1, -0.05) is 19.1 Å². The first kappa shape index (κ1) is 14.1. The lowest BCUT2D eigenvalue weighted by molar-refractivity contribution is -0.384. The van der Waals surface area contributed by atoms with E-state index in [2.05, 4.69) is 4.98 Å². The van der Waals surface area contributed by atoms with Crippen molar-refractivity contribution in [2.45, 2.75) is 19.8 Å². The number of aryl methyl sites for hydroxylation is 1. The van der Waals surface area contributed by atoms with Crippen molar-refractivity contribution in [2.24, 2.45) is 0 Å². The number of hydrogen-bond donors (Lipinski definition) is 1. The van der Waals surface area contributed by atoms with Crippen LogP contribution in [0, 0.1) is 17.0 Å². The normalized spacial score (nSPS) is 12.1. The van der Waals surface area contributed by atoms with Crippen molar-refractivity contribution in [2.75, 3.05) is 0 Å². The Morgan fingerprint density at radius 3 is 2.45 bits per heavy atom. The highest BCUT2D eigenvalue weighted by molar-refractivity contribution is 7.13. The highest BCUT2D eigenvalue weighted by atomic mass is 32.1. The number of rotatable bonds is 4. The van der Waals surface area contributed by atoms with Crippen molar-refractivity contribution in [1.29, 1.82) is 0 Å². The summed E-state index contributed by atoms with van der Waals surface area (Å²) in [6.07, 6.45) is 0. The maximum absolute atomic E-state index is 11.0. The van der Waals surface area contributed by atoms with Gasteiger partial charge in [-0.15, -0.1) is 11.3 Å². The minimum Gasteiger partial charge on any atom is -0.477 e. The fraction of sp³-hybridized carbons (Fsp3) is 0.231. The van der Waals surface area contributed by atoms with Crippen LogP contribution in [0.3, 0.4) is 0 Å². The van der Waals surface area contributed by atoms with E-state index < -0.39 is 10.9 Å². The predicted octanol–water partition coefficient (Wildman–Crippen LogP) is 3.21. The monoisotopic (exact) mass is 292 g/mol.